The number of aromatic nitrogens is 5. The summed E-state index contributed by atoms with van der Waals surface area (Å²) in [6, 6.07) is 5.13. The Labute approximate surface area is 191 Å². The average Bonchev–Trinajstić information content (AvgIpc) is 3.18. The Morgan fingerprint density at radius 2 is 1.67 bits per heavy atom. The highest BCUT2D eigenvalue weighted by Crippen LogP contribution is 2.35. The average molecular weight is 481 g/mol. The number of nitrogens with one attached hydrogen (secondary N) is 1. The maximum Gasteiger partial charge on any atom is 0.243 e. The summed E-state index contributed by atoms with van der Waals surface area (Å²) in [5.41, 5.74) is 0.403. The molecule has 0 saturated carbocycles. The van der Waals surface area contributed by atoms with Gasteiger partial charge in [0.1, 0.15) is 29.6 Å². The van der Waals surface area contributed by atoms with Gasteiger partial charge in [-0.15, -0.1) is 10.2 Å². The molecule has 0 fully saturated rings. The molecule has 13 heteroatoms. The Kier molecular flexibility index (Phi) is 7.43. The second-order valence-corrected chi connectivity index (χ2v) is 9.16. The van der Waals surface area contributed by atoms with Crippen molar-refractivity contribution in [3.8, 4) is 17.2 Å². The first-order valence-electron chi connectivity index (χ1n) is 9.87. The van der Waals surface area contributed by atoms with Crippen molar-refractivity contribution in [1.29, 1.82) is 0 Å². The van der Waals surface area contributed by atoms with E-state index in [1.807, 2.05) is 0 Å². The van der Waals surface area contributed by atoms with Crippen LogP contribution in [-0.4, -0.2) is 59.7 Å². The fraction of sp³-hybridized carbons (Fsp3) is 0.400. The largest absolute Gasteiger partial charge is 0.494 e. The second-order valence-electron chi connectivity index (χ2n) is 7.12. The first-order valence-corrected chi connectivity index (χ1v) is 11.4. The van der Waals surface area contributed by atoms with Gasteiger partial charge in [0, 0.05) is 13.0 Å². The van der Waals surface area contributed by atoms with Gasteiger partial charge in [-0.3, -0.25) is 9.29 Å². The van der Waals surface area contributed by atoms with Crippen LogP contribution in [0.5, 0.6) is 11.5 Å². The molecule has 0 aliphatic heterocycles. The van der Waals surface area contributed by atoms with E-state index in [9.17, 15) is 12.8 Å². The number of rotatable bonds is 10. The van der Waals surface area contributed by atoms with Crippen LogP contribution < -0.4 is 14.2 Å². The third kappa shape index (κ3) is 5.03. The summed E-state index contributed by atoms with van der Waals surface area (Å²) in [5.74, 6) is 0.00990. The Bertz CT molecular complexity index is 1180. The predicted molar refractivity (Wildman–Crippen MR) is 118 cm³/mol. The van der Waals surface area contributed by atoms with Crippen molar-refractivity contribution < 1.29 is 27.0 Å². The van der Waals surface area contributed by atoms with Gasteiger partial charge in [-0.25, -0.2) is 22.8 Å². The molecule has 2 aromatic heterocycles. The van der Waals surface area contributed by atoms with Crippen LogP contribution in [0.4, 0.5) is 10.3 Å². The number of hydrogen-bond acceptors (Lipinski definition) is 9. The van der Waals surface area contributed by atoms with Crippen LogP contribution in [0.1, 0.15) is 31.4 Å². The molecule has 2 heterocycles. The van der Waals surface area contributed by atoms with E-state index in [0.29, 0.717) is 23.0 Å². The van der Waals surface area contributed by atoms with E-state index in [1.54, 1.807) is 25.1 Å². The fourth-order valence-corrected chi connectivity index (χ4v) is 4.38. The van der Waals surface area contributed by atoms with Crippen molar-refractivity contribution in [2.45, 2.75) is 31.6 Å². The molecule has 0 spiro atoms. The van der Waals surface area contributed by atoms with Gasteiger partial charge in [0.05, 0.1) is 31.9 Å². The number of nitrogens with zero attached hydrogens (tertiary/aromatic N) is 5. The van der Waals surface area contributed by atoms with Crippen LogP contribution in [-0.2, 0) is 21.4 Å². The van der Waals surface area contributed by atoms with Crippen molar-refractivity contribution in [2.24, 2.45) is 0 Å². The van der Waals surface area contributed by atoms with E-state index in [0.717, 1.165) is 12.4 Å². The standard InChI is InChI=1S/C20H25FN6O5S/c1-12(19-22-9-14(21)10-23-19)13(2)33(28,29)26-20-25-24-17(11-30-3)27(20)18-15(31-4)7-6-8-16(18)32-5/h6-10,12-13H,11H2,1-5H3,(H,25,26). The lowest BCUT2D eigenvalue weighted by molar-refractivity contribution is 0.176. The smallest absolute Gasteiger partial charge is 0.243 e. The van der Waals surface area contributed by atoms with Crippen LogP contribution >= 0.6 is 0 Å². The Morgan fingerprint density at radius 3 is 2.21 bits per heavy atom. The third-order valence-corrected chi connectivity index (χ3v) is 6.96. The maximum absolute atomic E-state index is 13.2. The molecule has 178 valence electrons. The molecule has 1 N–H and O–H groups in total. The van der Waals surface area contributed by atoms with Crippen LogP contribution in [0, 0.1) is 5.82 Å². The number of halogens is 1. The molecule has 33 heavy (non-hydrogen) atoms. The van der Waals surface area contributed by atoms with Gasteiger partial charge in [-0.2, -0.15) is 0 Å². The highest BCUT2D eigenvalue weighted by Gasteiger charge is 2.32. The normalized spacial score (nSPS) is 13.4. The number of benzene rings is 1. The SMILES string of the molecule is COCc1nnc(NS(=O)(=O)C(C)C(C)c2ncc(F)cn2)n1-c1c(OC)cccc1OC. The zero-order valence-electron chi connectivity index (χ0n) is 18.8. The van der Waals surface area contributed by atoms with E-state index < -0.39 is 27.0 Å². The lowest BCUT2D eigenvalue weighted by Gasteiger charge is -2.21. The quantitative estimate of drug-likeness (QED) is 0.464. The Hall–Kier alpha value is -3.32. The molecular weight excluding hydrogens is 455 g/mol. The minimum atomic E-state index is -4.01. The number of para-hydroxylation sites is 1. The van der Waals surface area contributed by atoms with Gasteiger partial charge in [-0.05, 0) is 19.1 Å². The van der Waals surface area contributed by atoms with Crippen molar-refractivity contribution in [3.05, 3.63) is 48.1 Å². The molecule has 1 aromatic carbocycles. The van der Waals surface area contributed by atoms with Gasteiger partial charge in [0.15, 0.2) is 11.6 Å². The fourth-order valence-electron chi connectivity index (χ4n) is 3.15. The summed E-state index contributed by atoms with van der Waals surface area (Å²) in [6.07, 6.45) is 1.99. The predicted octanol–water partition coefficient (Wildman–Crippen LogP) is 2.29. The van der Waals surface area contributed by atoms with Gasteiger partial charge in [0.25, 0.3) is 0 Å². The lowest BCUT2D eigenvalue weighted by atomic mass is 10.1. The van der Waals surface area contributed by atoms with Gasteiger partial charge < -0.3 is 14.2 Å². The van der Waals surface area contributed by atoms with E-state index in [-0.39, 0.29) is 18.4 Å². The summed E-state index contributed by atoms with van der Waals surface area (Å²) in [7, 11) is 0.431. The first kappa shape index (κ1) is 24.3. The Morgan fingerprint density at radius 1 is 1.06 bits per heavy atom. The summed E-state index contributed by atoms with van der Waals surface area (Å²) in [4.78, 5) is 7.80. The van der Waals surface area contributed by atoms with Crippen molar-refractivity contribution in [3.63, 3.8) is 0 Å². The minimum absolute atomic E-state index is 0.0469. The highest BCUT2D eigenvalue weighted by molar-refractivity contribution is 7.93. The van der Waals surface area contributed by atoms with Crippen LogP contribution in [0.2, 0.25) is 0 Å². The zero-order chi connectivity index (χ0) is 24.2. The second kappa shape index (κ2) is 10.1. The molecule has 0 radical (unpaired) electrons. The van der Waals surface area contributed by atoms with E-state index in [4.69, 9.17) is 14.2 Å². The van der Waals surface area contributed by atoms with Gasteiger partial charge in [0.2, 0.25) is 16.0 Å². The number of anilines is 1. The summed E-state index contributed by atoms with van der Waals surface area (Å²) >= 11 is 0. The zero-order valence-corrected chi connectivity index (χ0v) is 19.6. The molecule has 3 rings (SSSR count). The number of hydrogen-bond donors (Lipinski definition) is 1. The molecule has 0 bridgehead atoms. The summed E-state index contributed by atoms with van der Waals surface area (Å²) in [5, 5.41) is 7.11. The molecule has 2 unspecified atom stereocenters. The highest BCUT2D eigenvalue weighted by atomic mass is 32.2. The third-order valence-electron chi connectivity index (χ3n) is 5.10. The van der Waals surface area contributed by atoms with Gasteiger partial charge in [-0.1, -0.05) is 13.0 Å². The summed E-state index contributed by atoms with van der Waals surface area (Å²) < 4.78 is 59.7. The van der Waals surface area contributed by atoms with Crippen LogP contribution in [0.3, 0.4) is 0 Å². The summed E-state index contributed by atoms with van der Waals surface area (Å²) in [6.45, 7) is 3.19. The van der Waals surface area contributed by atoms with Crippen molar-refractivity contribution in [2.75, 3.05) is 26.1 Å². The molecule has 0 aliphatic rings. The molecule has 0 amide bonds. The minimum Gasteiger partial charge on any atom is -0.494 e. The maximum atomic E-state index is 13.2. The molecule has 0 saturated heterocycles. The van der Waals surface area contributed by atoms with E-state index in [1.165, 1.54) is 32.8 Å². The number of methoxy groups -OCH3 is 3. The van der Waals surface area contributed by atoms with Crippen molar-refractivity contribution >= 4 is 16.0 Å². The Balaban J connectivity index is 2.04. The number of ether oxygens (including phenoxy) is 3. The van der Waals surface area contributed by atoms with E-state index in [2.05, 4.69) is 24.9 Å². The molecule has 0 aliphatic carbocycles. The number of sulfonamides is 1. The first-order chi connectivity index (χ1) is 15.7. The monoisotopic (exact) mass is 480 g/mol. The van der Waals surface area contributed by atoms with E-state index >= 15 is 0 Å². The van der Waals surface area contributed by atoms with Crippen molar-refractivity contribution in [1.82, 2.24) is 24.7 Å². The van der Waals surface area contributed by atoms with Crippen LogP contribution in [0.15, 0.2) is 30.6 Å². The van der Waals surface area contributed by atoms with Crippen LogP contribution in [0.25, 0.3) is 5.69 Å². The molecular formula is C20H25FN6O5S. The van der Waals surface area contributed by atoms with Gasteiger partial charge >= 0.3 is 0 Å². The molecule has 11 nitrogen and oxygen atoms in total. The molecule has 3 aromatic rings. The molecule has 2 atom stereocenters. The topological polar surface area (TPSA) is 130 Å². The lowest BCUT2D eigenvalue weighted by Crippen LogP contribution is -2.31.